The molecule has 2 atom stereocenters. The fraction of sp³-hybridized carbons (Fsp3) is 0.385. The van der Waals surface area contributed by atoms with Crippen molar-refractivity contribution >= 4 is 11.9 Å². The minimum atomic E-state index is -1.01. The summed E-state index contributed by atoms with van der Waals surface area (Å²) in [5, 5.41) is 10.8. The van der Waals surface area contributed by atoms with E-state index in [2.05, 4.69) is 17.4 Å². The van der Waals surface area contributed by atoms with Crippen LogP contribution in [0, 0.1) is 5.92 Å². The van der Waals surface area contributed by atoms with Crippen LogP contribution in [-0.4, -0.2) is 23.5 Å². The molecule has 0 aromatic heterocycles. The molecule has 1 aliphatic carbocycles. The van der Waals surface area contributed by atoms with Gasteiger partial charge in [-0.25, -0.2) is 0 Å². The average Bonchev–Trinajstić information content (AvgIpc) is 3.07. The van der Waals surface area contributed by atoms with Gasteiger partial charge in [-0.3, -0.25) is 9.59 Å². The number of carbonyl (C=O) groups excluding carboxylic acids is 1. The van der Waals surface area contributed by atoms with Crippen molar-refractivity contribution in [1.29, 1.82) is 0 Å². The number of rotatable bonds is 5. The van der Waals surface area contributed by atoms with E-state index < -0.39 is 5.97 Å². The lowest BCUT2D eigenvalue weighted by Gasteiger charge is -2.02. The predicted octanol–water partition coefficient (Wildman–Crippen LogP) is 1.38. The lowest BCUT2D eigenvalue weighted by Crippen LogP contribution is -2.29. The van der Waals surface area contributed by atoms with E-state index in [1.807, 2.05) is 18.2 Å². The Bertz CT molecular complexity index is 416. The summed E-state index contributed by atoms with van der Waals surface area (Å²) in [4.78, 5) is 21.7. The first kappa shape index (κ1) is 11.6. The second kappa shape index (κ2) is 4.99. The van der Waals surface area contributed by atoms with Crippen LogP contribution >= 0.6 is 0 Å². The van der Waals surface area contributed by atoms with Gasteiger partial charge < -0.3 is 10.4 Å². The Morgan fingerprint density at radius 1 is 1.29 bits per heavy atom. The Balaban J connectivity index is 1.76. The van der Waals surface area contributed by atoms with Crippen LogP contribution in [0.3, 0.4) is 0 Å². The van der Waals surface area contributed by atoms with Crippen LogP contribution in [0.1, 0.15) is 24.3 Å². The van der Waals surface area contributed by atoms with Crippen molar-refractivity contribution in [2.45, 2.75) is 18.8 Å². The molecule has 0 saturated heterocycles. The van der Waals surface area contributed by atoms with Gasteiger partial charge in [0.2, 0.25) is 5.91 Å². The molecule has 0 aliphatic heterocycles. The van der Waals surface area contributed by atoms with Gasteiger partial charge in [0.1, 0.15) is 6.54 Å². The summed E-state index contributed by atoms with van der Waals surface area (Å²) >= 11 is 0. The molecule has 0 heterocycles. The number of nitrogens with one attached hydrogen (secondary N) is 1. The molecule has 1 aliphatic rings. The minimum absolute atomic E-state index is 0.171. The van der Waals surface area contributed by atoms with Gasteiger partial charge in [-0.1, -0.05) is 30.3 Å². The van der Waals surface area contributed by atoms with Crippen molar-refractivity contribution in [2.24, 2.45) is 5.92 Å². The number of hydrogen-bond acceptors (Lipinski definition) is 2. The molecular formula is C13H15NO3. The Morgan fingerprint density at radius 3 is 2.65 bits per heavy atom. The van der Waals surface area contributed by atoms with Gasteiger partial charge in [0.15, 0.2) is 0 Å². The van der Waals surface area contributed by atoms with Crippen molar-refractivity contribution in [3.63, 3.8) is 0 Å². The second-order valence-electron chi connectivity index (χ2n) is 4.39. The number of hydrogen-bond donors (Lipinski definition) is 2. The van der Waals surface area contributed by atoms with Gasteiger partial charge in [-0.2, -0.15) is 0 Å². The molecule has 1 saturated carbocycles. The quantitative estimate of drug-likeness (QED) is 0.807. The van der Waals surface area contributed by atoms with Crippen molar-refractivity contribution in [1.82, 2.24) is 5.32 Å². The second-order valence-corrected chi connectivity index (χ2v) is 4.39. The van der Waals surface area contributed by atoms with E-state index in [0.29, 0.717) is 18.3 Å². The molecule has 1 amide bonds. The normalized spacial score (nSPS) is 21.9. The van der Waals surface area contributed by atoms with Gasteiger partial charge in [-0.05, 0) is 23.8 Å². The van der Waals surface area contributed by atoms with Gasteiger partial charge in [0.05, 0.1) is 0 Å². The maximum atomic E-state index is 11.4. The SMILES string of the molecule is O=C(O)CNC(=O)C[C@@H]1C[C@H]1c1ccccc1. The Hall–Kier alpha value is -1.84. The third-order valence-corrected chi connectivity index (χ3v) is 3.03. The monoisotopic (exact) mass is 233 g/mol. The van der Waals surface area contributed by atoms with Crippen LogP contribution in [-0.2, 0) is 9.59 Å². The predicted molar refractivity (Wildman–Crippen MR) is 62.6 cm³/mol. The summed E-state index contributed by atoms with van der Waals surface area (Å²) in [5.74, 6) is -0.345. The molecule has 0 radical (unpaired) electrons. The molecule has 4 heteroatoms. The van der Waals surface area contributed by atoms with Crippen LogP contribution in [0.25, 0.3) is 0 Å². The first-order valence-corrected chi connectivity index (χ1v) is 5.70. The summed E-state index contributed by atoms with van der Waals surface area (Å²) in [7, 11) is 0. The van der Waals surface area contributed by atoms with Gasteiger partial charge >= 0.3 is 5.97 Å². The number of carboxylic acid groups (broad SMARTS) is 1. The fourth-order valence-corrected chi connectivity index (χ4v) is 2.07. The first-order chi connectivity index (χ1) is 8.16. The molecule has 0 unspecified atom stereocenters. The van der Waals surface area contributed by atoms with Crippen LogP contribution in [0.2, 0.25) is 0 Å². The number of aliphatic carboxylic acids is 1. The lowest BCUT2D eigenvalue weighted by molar-refractivity contribution is -0.138. The summed E-state index contributed by atoms with van der Waals surface area (Å²) in [6, 6.07) is 10.1. The molecule has 1 fully saturated rings. The minimum Gasteiger partial charge on any atom is -0.480 e. The van der Waals surface area contributed by atoms with Crippen molar-refractivity contribution in [3.8, 4) is 0 Å². The van der Waals surface area contributed by atoms with Crippen LogP contribution < -0.4 is 5.32 Å². The van der Waals surface area contributed by atoms with Gasteiger partial charge in [0, 0.05) is 6.42 Å². The molecule has 1 aromatic rings. The number of carbonyl (C=O) groups is 2. The molecule has 1 aromatic carbocycles. The number of benzene rings is 1. The molecule has 17 heavy (non-hydrogen) atoms. The number of amides is 1. The fourth-order valence-electron chi connectivity index (χ4n) is 2.07. The topological polar surface area (TPSA) is 66.4 Å². The Morgan fingerprint density at radius 2 is 2.00 bits per heavy atom. The summed E-state index contributed by atoms with van der Waals surface area (Å²) in [6.07, 6.45) is 1.44. The third kappa shape index (κ3) is 3.31. The molecule has 4 nitrogen and oxygen atoms in total. The zero-order chi connectivity index (χ0) is 12.3. The average molecular weight is 233 g/mol. The third-order valence-electron chi connectivity index (χ3n) is 3.03. The molecular weight excluding hydrogens is 218 g/mol. The van der Waals surface area contributed by atoms with Gasteiger partial charge in [-0.15, -0.1) is 0 Å². The molecule has 2 N–H and O–H groups in total. The Kier molecular flexibility index (Phi) is 3.42. The maximum Gasteiger partial charge on any atom is 0.322 e. The van der Waals surface area contributed by atoms with E-state index in [9.17, 15) is 9.59 Å². The van der Waals surface area contributed by atoms with Crippen LogP contribution in [0.5, 0.6) is 0 Å². The lowest BCUT2D eigenvalue weighted by atomic mass is 10.1. The highest BCUT2D eigenvalue weighted by Crippen LogP contribution is 2.49. The van der Waals surface area contributed by atoms with Crippen LogP contribution in [0.15, 0.2) is 30.3 Å². The molecule has 0 bridgehead atoms. The first-order valence-electron chi connectivity index (χ1n) is 5.70. The largest absolute Gasteiger partial charge is 0.480 e. The standard InChI is InChI=1S/C13H15NO3/c15-12(14-8-13(16)17)7-10-6-11(10)9-4-2-1-3-5-9/h1-5,10-11H,6-8H2,(H,14,15)(H,16,17)/t10-,11-/m0/s1. The number of carboxylic acids is 1. The van der Waals surface area contributed by atoms with E-state index in [-0.39, 0.29) is 12.5 Å². The van der Waals surface area contributed by atoms with E-state index in [1.165, 1.54) is 5.56 Å². The van der Waals surface area contributed by atoms with E-state index in [1.54, 1.807) is 0 Å². The molecule has 0 spiro atoms. The molecule has 2 rings (SSSR count). The van der Waals surface area contributed by atoms with E-state index in [4.69, 9.17) is 5.11 Å². The van der Waals surface area contributed by atoms with E-state index in [0.717, 1.165) is 6.42 Å². The smallest absolute Gasteiger partial charge is 0.322 e. The zero-order valence-electron chi connectivity index (χ0n) is 9.43. The molecule has 90 valence electrons. The van der Waals surface area contributed by atoms with Crippen molar-refractivity contribution in [3.05, 3.63) is 35.9 Å². The van der Waals surface area contributed by atoms with Crippen molar-refractivity contribution < 1.29 is 14.7 Å². The van der Waals surface area contributed by atoms with Gasteiger partial charge in [0.25, 0.3) is 0 Å². The highest BCUT2D eigenvalue weighted by atomic mass is 16.4. The summed E-state index contributed by atoms with van der Waals surface area (Å²) in [6.45, 7) is -0.290. The highest BCUT2D eigenvalue weighted by molar-refractivity contribution is 5.81. The van der Waals surface area contributed by atoms with Crippen LogP contribution in [0.4, 0.5) is 0 Å². The Labute approximate surface area is 99.6 Å². The van der Waals surface area contributed by atoms with Crippen molar-refractivity contribution in [2.75, 3.05) is 6.54 Å². The van der Waals surface area contributed by atoms with E-state index >= 15 is 0 Å². The highest BCUT2D eigenvalue weighted by Gasteiger charge is 2.39. The summed E-state index contributed by atoms with van der Waals surface area (Å²) < 4.78 is 0. The zero-order valence-corrected chi connectivity index (χ0v) is 9.43. The maximum absolute atomic E-state index is 11.4. The summed E-state index contributed by atoms with van der Waals surface area (Å²) in [5.41, 5.74) is 1.27.